The number of thiophene rings is 1. The van der Waals surface area contributed by atoms with Crippen molar-refractivity contribution >= 4 is 23.1 Å². The Morgan fingerprint density at radius 3 is 2.56 bits per heavy atom. The van der Waals surface area contributed by atoms with Gasteiger partial charge in [0.15, 0.2) is 5.96 Å². The van der Waals surface area contributed by atoms with E-state index in [0.717, 1.165) is 38.0 Å². The molecule has 0 unspecified atom stereocenters. The van der Waals surface area contributed by atoms with E-state index in [9.17, 15) is 0 Å². The monoisotopic (exact) mass is 357 g/mol. The number of nitrogens with one attached hydrogen (secondary N) is 2. The van der Waals surface area contributed by atoms with E-state index in [0.29, 0.717) is 0 Å². The number of rotatable bonds is 5. The fourth-order valence-corrected chi connectivity index (χ4v) is 3.70. The lowest BCUT2D eigenvalue weighted by Gasteiger charge is -2.22. The van der Waals surface area contributed by atoms with Crippen molar-refractivity contribution in [2.45, 2.75) is 38.8 Å². The molecule has 1 aliphatic heterocycles. The van der Waals surface area contributed by atoms with Crippen molar-refractivity contribution in [1.82, 2.24) is 15.6 Å². The lowest BCUT2D eigenvalue weighted by atomic mass is 10.2. The molecule has 1 aliphatic rings. The van der Waals surface area contributed by atoms with Crippen LogP contribution in [0.5, 0.6) is 0 Å². The van der Waals surface area contributed by atoms with Crippen molar-refractivity contribution < 1.29 is 0 Å². The second kappa shape index (κ2) is 9.42. The Morgan fingerprint density at radius 2 is 1.88 bits per heavy atom. The summed E-state index contributed by atoms with van der Waals surface area (Å²) in [4.78, 5) is 11.3. The third-order valence-electron chi connectivity index (χ3n) is 4.46. The highest BCUT2D eigenvalue weighted by Gasteiger charge is 2.11. The van der Waals surface area contributed by atoms with Crippen LogP contribution in [0.4, 0.5) is 5.82 Å². The Bertz CT molecular complexity index is 660. The van der Waals surface area contributed by atoms with Gasteiger partial charge >= 0.3 is 0 Å². The number of aromatic nitrogens is 1. The van der Waals surface area contributed by atoms with E-state index in [2.05, 4.69) is 54.5 Å². The zero-order valence-corrected chi connectivity index (χ0v) is 15.7. The van der Waals surface area contributed by atoms with E-state index >= 15 is 0 Å². The van der Waals surface area contributed by atoms with Gasteiger partial charge in [0.25, 0.3) is 0 Å². The van der Waals surface area contributed by atoms with E-state index in [-0.39, 0.29) is 0 Å². The summed E-state index contributed by atoms with van der Waals surface area (Å²) in [6.07, 6.45) is 7.12. The normalized spacial score (nSPS) is 15.7. The lowest BCUT2D eigenvalue weighted by molar-refractivity contribution is 0.726. The van der Waals surface area contributed by atoms with Gasteiger partial charge in [-0.2, -0.15) is 11.3 Å². The molecule has 3 rings (SSSR count). The number of aliphatic imine (C=N–C) groups is 1. The minimum atomic E-state index is 0.743. The lowest BCUT2D eigenvalue weighted by Crippen LogP contribution is -2.36. The van der Waals surface area contributed by atoms with E-state index < -0.39 is 0 Å². The largest absolute Gasteiger partial charge is 0.357 e. The molecule has 134 valence electrons. The van der Waals surface area contributed by atoms with Crippen molar-refractivity contribution in [2.24, 2.45) is 4.99 Å². The van der Waals surface area contributed by atoms with Crippen LogP contribution in [0.25, 0.3) is 0 Å². The predicted octanol–water partition coefficient (Wildman–Crippen LogP) is 3.39. The highest BCUT2D eigenvalue weighted by atomic mass is 32.1. The molecule has 2 aromatic rings. The zero-order valence-electron chi connectivity index (χ0n) is 14.9. The molecule has 1 fully saturated rings. The van der Waals surface area contributed by atoms with Gasteiger partial charge in [-0.25, -0.2) is 4.98 Å². The van der Waals surface area contributed by atoms with E-state index in [1.165, 1.54) is 36.8 Å². The summed E-state index contributed by atoms with van der Waals surface area (Å²) < 4.78 is 0. The Balaban J connectivity index is 1.54. The predicted molar refractivity (Wildman–Crippen MR) is 106 cm³/mol. The topological polar surface area (TPSA) is 52.6 Å². The molecule has 5 nitrogen and oxygen atoms in total. The molecule has 0 bridgehead atoms. The molecule has 2 aromatic heterocycles. The van der Waals surface area contributed by atoms with Crippen molar-refractivity contribution in [3.05, 3.63) is 46.3 Å². The molecule has 0 atom stereocenters. The van der Waals surface area contributed by atoms with Crippen LogP contribution in [-0.2, 0) is 13.1 Å². The minimum absolute atomic E-state index is 0.743. The molecule has 0 aromatic carbocycles. The van der Waals surface area contributed by atoms with Crippen molar-refractivity contribution in [1.29, 1.82) is 0 Å². The molecular formula is C19H27N5S. The molecular weight excluding hydrogens is 330 g/mol. The first-order chi connectivity index (χ1) is 12.3. The van der Waals surface area contributed by atoms with Gasteiger partial charge < -0.3 is 15.5 Å². The van der Waals surface area contributed by atoms with Crippen LogP contribution in [0.1, 0.15) is 36.8 Å². The molecule has 25 heavy (non-hydrogen) atoms. The Hall–Kier alpha value is -2.08. The average molecular weight is 358 g/mol. The van der Waals surface area contributed by atoms with Crippen LogP contribution in [0.3, 0.4) is 0 Å². The fraction of sp³-hybridized carbons (Fsp3) is 0.474. The molecule has 1 saturated heterocycles. The Morgan fingerprint density at radius 1 is 1.12 bits per heavy atom. The van der Waals surface area contributed by atoms with Crippen LogP contribution in [0.15, 0.2) is 40.1 Å². The summed E-state index contributed by atoms with van der Waals surface area (Å²) in [5.41, 5.74) is 2.51. The first-order valence-corrected chi connectivity index (χ1v) is 9.95. The summed E-state index contributed by atoms with van der Waals surface area (Å²) in [5.74, 6) is 1.92. The summed E-state index contributed by atoms with van der Waals surface area (Å²) in [7, 11) is 1.80. The third kappa shape index (κ3) is 5.46. The maximum atomic E-state index is 4.58. The van der Waals surface area contributed by atoms with Crippen molar-refractivity contribution in [3.8, 4) is 0 Å². The number of pyridine rings is 1. The Labute approximate surface area is 154 Å². The van der Waals surface area contributed by atoms with Gasteiger partial charge in [-0.3, -0.25) is 4.99 Å². The second-order valence-electron chi connectivity index (χ2n) is 6.33. The van der Waals surface area contributed by atoms with Gasteiger partial charge in [0.1, 0.15) is 5.82 Å². The average Bonchev–Trinajstić information content (AvgIpc) is 3.02. The molecule has 0 spiro atoms. The van der Waals surface area contributed by atoms with E-state index in [4.69, 9.17) is 0 Å². The molecule has 0 saturated carbocycles. The number of nitrogens with zero attached hydrogens (tertiary/aromatic N) is 3. The smallest absolute Gasteiger partial charge is 0.191 e. The summed E-state index contributed by atoms with van der Waals surface area (Å²) >= 11 is 1.71. The number of anilines is 1. The molecule has 0 radical (unpaired) electrons. The van der Waals surface area contributed by atoms with Gasteiger partial charge in [0.2, 0.25) is 0 Å². The van der Waals surface area contributed by atoms with Crippen LogP contribution in [0, 0.1) is 0 Å². The summed E-state index contributed by atoms with van der Waals surface area (Å²) in [6, 6.07) is 6.40. The van der Waals surface area contributed by atoms with Gasteiger partial charge in [-0.05, 0) is 52.9 Å². The minimum Gasteiger partial charge on any atom is -0.357 e. The SMILES string of the molecule is CN=C(NCc1ccsc1)NCc1ccnc(N2CCCCCC2)c1. The zero-order chi connectivity index (χ0) is 17.3. The second-order valence-corrected chi connectivity index (χ2v) is 7.11. The van der Waals surface area contributed by atoms with Crippen molar-refractivity contribution in [3.63, 3.8) is 0 Å². The van der Waals surface area contributed by atoms with Gasteiger partial charge in [0, 0.05) is 39.4 Å². The van der Waals surface area contributed by atoms with Gasteiger partial charge in [-0.15, -0.1) is 0 Å². The first kappa shape index (κ1) is 17.7. The standard InChI is InChI=1S/C19H27N5S/c1-20-19(23-14-17-7-11-25-15-17)22-13-16-6-8-21-18(12-16)24-9-4-2-3-5-10-24/h6-8,11-12,15H,2-5,9-10,13-14H2,1H3,(H2,20,22,23). The maximum Gasteiger partial charge on any atom is 0.191 e. The molecule has 0 amide bonds. The molecule has 2 N–H and O–H groups in total. The highest BCUT2D eigenvalue weighted by molar-refractivity contribution is 7.07. The number of guanidine groups is 1. The third-order valence-corrected chi connectivity index (χ3v) is 5.20. The number of hydrogen-bond donors (Lipinski definition) is 2. The highest BCUT2D eigenvalue weighted by Crippen LogP contribution is 2.18. The molecule has 3 heterocycles. The summed E-state index contributed by atoms with van der Waals surface area (Å²) in [5, 5.41) is 11.0. The maximum absolute atomic E-state index is 4.58. The first-order valence-electron chi connectivity index (χ1n) is 9.00. The van der Waals surface area contributed by atoms with E-state index in [1.54, 1.807) is 18.4 Å². The van der Waals surface area contributed by atoms with Gasteiger partial charge in [-0.1, -0.05) is 12.8 Å². The van der Waals surface area contributed by atoms with Crippen molar-refractivity contribution in [2.75, 3.05) is 25.0 Å². The molecule has 6 heteroatoms. The van der Waals surface area contributed by atoms with Crippen LogP contribution in [0.2, 0.25) is 0 Å². The van der Waals surface area contributed by atoms with Crippen LogP contribution >= 0.6 is 11.3 Å². The Kier molecular flexibility index (Phi) is 6.68. The fourth-order valence-electron chi connectivity index (χ4n) is 3.03. The summed E-state index contributed by atoms with van der Waals surface area (Å²) in [6.45, 7) is 3.77. The quantitative estimate of drug-likeness (QED) is 0.636. The van der Waals surface area contributed by atoms with Gasteiger partial charge in [0.05, 0.1) is 0 Å². The van der Waals surface area contributed by atoms with Crippen LogP contribution < -0.4 is 15.5 Å². The number of hydrogen-bond acceptors (Lipinski definition) is 4. The van der Waals surface area contributed by atoms with Crippen LogP contribution in [-0.4, -0.2) is 31.1 Å². The van der Waals surface area contributed by atoms with E-state index in [1.807, 2.05) is 6.20 Å². The molecule has 0 aliphatic carbocycles.